The van der Waals surface area contributed by atoms with Gasteiger partial charge in [-0.3, -0.25) is 24.4 Å². The number of carbonyl (C=O) groups is 5. The zero-order chi connectivity index (χ0) is 103. The van der Waals surface area contributed by atoms with Crippen LogP contribution in [-0.2, 0) is 35.2 Å². The third-order valence-electron chi connectivity index (χ3n) is 27.6. The maximum absolute atomic E-state index is 13.5. The number of furan rings is 1. The monoisotopic (exact) mass is 2130 g/mol. The van der Waals surface area contributed by atoms with Gasteiger partial charge in [0.1, 0.15) is 65.3 Å². The van der Waals surface area contributed by atoms with E-state index in [0.29, 0.717) is 142 Å². The Balaban J connectivity index is 0.000000120. The van der Waals surface area contributed by atoms with Gasteiger partial charge in [-0.15, -0.1) is 0 Å². The van der Waals surface area contributed by atoms with E-state index in [4.69, 9.17) is 124 Å². The van der Waals surface area contributed by atoms with E-state index in [0.717, 1.165) is 150 Å². The summed E-state index contributed by atoms with van der Waals surface area (Å²) in [5.74, 6) is 3.29. The number of nitrogens with one attached hydrogen (secondary N) is 6. The van der Waals surface area contributed by atoms with E-state index >= 15 is 0 Å². The van der Waals surface area contributed by atoms with Gasteiger partial charge in [0.05, 0.1) is 19.5 Å². The van der Waals surface area contributed by atoms with Crippen molar-refractivity contribution in [2.45, 2.75) is 94.4 Å². The van der Waals surface area contributed by atoms with Gasteiger partial charge < -0.3 is 77.8 Å². The molecule has 0 aliphatic carbocycles. The fourth-order valence-electron chi connectivity index (χ4n) is 20.4. The molecule has 762 valence electrons. The van der Waals surface area contributed by atoms with Crippen molar-refractivity contribution in [3.05, 3.63) is 400 Å². The quantitative estimate of drug-likeness (QED) is 0.0365. The predicted octanol–water partition coefficient (Wildman–Crippen LogP) is 28.5. The number of para-hydroxylation sites is 1. The highest BCUT2D eigenvalue weighted by Crippen LogP contribution is 2.47. The number of fused-ring (bicyclic) bond motifs is 12. The second-order valence-electron chi connectivity index (χ2n) is 37.1. The average Bonchev–Trinajstić information content (AvgIpc) is 1.62. The molecular formula is C117H106Cl7N11O14. The second-order valence-corrected chi connectivity index (χ2v) is 40.2. The van der Waals surface area contributed by atoms with Crippen molar-refractivity contribution < 1.29 is 66.3 Å². The number of rotatable bonds is 21. The second kappa shape index (κ2) is 47.2. The normalized spacial score (nSPS) is 16.4. The summed E-state index contributed by atoms with van der Waals surface area (Å²) < 4.78 is 50.4. The lowest BCUT2D eigenvalue weighted by Crippen LogP contribution is -2.42. The molecule has 5 amide bonds. The molecule has 23 rings (SSSR count). The molecule has 17 aromatic rings. The molecule has 25 nitrogen and oxygen atoms in total. The summed E-state index contributed by atoms with van der Waals surface area (Å²) in [5.41, 5.74) is 17.9. The van der Waals surface area contributed by atoms with Crippen LogP contribution >= 0.6 is 81.2 Å². The zero-order valence-electron chi connectivity index (χ0n) is 81.3. The minimum absolute atomic E-state index is 0.221. The lowest BCUT2D eigenvalue weighted by atomic mass is 9.92. The number of amides is 5. The molecule has 0 saturated carbocycles. The lowest BCUT2D eigenvalue weighted by molar-refractivity contribution is 0.0904. The van der Waals surface area contributed by atoms with Gasteiger partial charge in [-0.25, -0.2) is 19.2 Å². The Labute approximate surface area is 895 Å². The first-order chi connectivity index (χ1) is 72.7. The Kier molecular flexibility index (Phi) is 32.4. The number of aromatic amines is 4. The van der Waals surface area contributed by atoms with E-state index in [9.17, 15) is 24.0 Å². The third-order valence-corrected chi connectivity index (χ3v) is 29.3. The number of carbonyl (C=O) groups excluding carboxylic acids is 5. The molecule has 0 radical (unpaired) electrons. The number of ether oxygens (including phenoxy) is 8. The van der Waals surface area contributed by atoms with Crippen LogP contribution < -0.4 is 39.1 Å². The number of nitrogens with zero attached hydrogens (tertiary/aromatic N) is 5. The van der Waals surface area contributed by atoms with Crippen molar-refractivity contribution in [1.29, 1.82) is 0 Å². The Hall–Kier alpha value is -14.1. The van der Waals surface area contributed by atoms with Crippen LogP contribution in [0.3, 0.4) is 0 Å². The molecule has 4 unspecified atom stereocenters. The Morgan fingerprint density at radius 2 is 0.685 bits per heavy atom. The number of piperidine rings is 1. The molecule has 6 aliphatic rings. The molecular weight excluding hydrogens is 2030 g/mol. The van der Waals surface area contributed by atoms with E-state index in [2.05, 4.69) is 59.7 Å². The average molecular weight is 2140 g/mol. The van der Waals surface area contributed by atoms with E-state index in [-0.39, 0.29) is 35.9 Å². The number of likely N-dealkylation sites (tertiary alicyclic amines) is 1. The maximum Gasteiger partial charge on any atom is 0.416 e. The Bertz CT molecular complexity index is 7580. The number of aromatic nitrogens is 4. The van der Waals surface area contributed by atoms with Crippen molar-refractivity contribution in [3.63, 3.8) is 0 Å². The summed E-state index contributed by atoms with van der Waals surface area (Å²) in [6, 6.07) is 86.5. The number of anilines is 2. The first kappa shape index (κ1) is 102. The fraction of sp³-hybridized carbons (Fsp3) is 0.239. The Morgan fingerprint density at radius 3 is 1.04 bits per heavy atom. The van der Waals surface area contributed by atoms with Crippen molar-refractivity contribution in [2.24, 2.45) is 0 Å². The standard InChI is InChI=1S/C32H33Cl2N3O3.C29H21Cl2N3O4.C29H27Cl2N3O3.C27H25ClN2O4/c33-23-7-12-26(13-8-23)40-32(38)37-19-15-27-28-21-24(34)9-14-29(28)35-30(27)31(37)22-5-10-25(11-6-22)39-20-4-18-36-16-2-1-3-17-36;30-18-5-10-21(11-6-18)38-29(36)34-14-13-22-23-16-19(31)7-12-24(23)33-26(22)27(34)17-3-8-20(9-4-17)32-28(35)25-2-1-15-37-25;30-19-3-8-23(9-4-19)37-29(35)34-14-11-24-25-17-20(31)5-10-26(25)33-27(24)28(34)18-1-6-21(7-2-18)32-22-12-15-36-16-13-22;1-32-15-16-33-20-10-7-18(8-11-20)26-25-22(23-17-19(28)9-12-24(23)29-25)13-14-30(26)27(31)34-21-5-3-2-4-6-21/h5-14,21,31,35H,1-4,15-20H2;1-12,15-16,27,33H,13-14H2,(H,32,35);1-10,17,22,28,32-33H,11-16H2;2-12,17,26,29H,13-16H2,1H3. The fourth-order valence-corrected chi connectivity index (χ4v) is 21.5. The molecule has 149 heavy (non-hydrogen) atoms. The van der Waals surface area contributed by atoms with Crippen LogP contribution in [-0.4, -0.2) is 167 Å². The molecule has 4 atom stereocenters. The Morgan fingerprint density at radius 1 is 0.349 bits per heavy atom. The molecule has 11 heterocycles. The van der Waals surface area contributed by atoms with E-state index in [1.54, 1.807) is 136 Å². The molecule has 6 N–H and O–H groups in total. The predicted molar refractivity (Wildman–Crippen MR) is 585 cm³/mol. The van der Waals surface area contributed by atoms with Gasteiger partial charge in [0.25, 0.3) is 5.91 Å². The van der Waals surface area contributed by atoms with Crippen molar-refractivity contribution >= 4 is 166 Å². The summed E-state index contributed by atoms with van der Waals surface area (Å²) in [6.45, 7) is 8.74. The number of H-pyrrole nitrogens is 4. The van der Waals surface area contributed by atoms with Crippen LogP contribution in [0.5, 0.6) is 34.5 Å². The topological polar surface area (TPSA) is 276 Å². The SMILES string of the molecule is COCCOc1ccc(C2c3[nH]c4ccc(Cl)cc4c3CCN2C(=O)Oc2ccccc2)cc1.O=C(Nc1ccc(C2c3[nH]c4ccc(Cl)cc4c3CCN2C(=O)Oc2ccc(Cl)cc2)cc1)c1ccco1.O=C(Oc1ccc(Cl)cc1)N1CCc2c([nH]c3ccc(Cl)cc23)C1c1ccc(NC2CCOCC2)cc1.O=C(Oc1ccc(Cl)cc1)N1CCc2c([nH]c3ccc(Cl)cc23)C1c1ccc(OCCCN2CCCCC2)cc1. The van der Waals surface area contributed by atoms with Crippen molar-refractivity contribution in [3.8, 4) is 34.5 Å². The van der Waals surface area contributed by atoms with Gasteiger partial charge in [0.15, 0.2) is 5.76 Å². The number of hydrogen-bond acceptors (Lipinski definition) is 16. The minimum atomic E-state index is -0.477. The van der Waals surface area contributed by atoms with E-state index in [1.165, 1.54) is 55.3 Å². The number of methoxy groups -OCH3 is 1. The lowest BCUT2D eigenvalue weighted by Gasteiger charge is -2.35. The summed E-state index contributed by atoms with van der Waals surface area (Å²) in [5, 5.41) is 15.2. The van der Waals surface area contributed by atoms with Crippen molar-refractivity contribution in [1.82, 2.24) is 44.4 Å². The largest absolute Gasteiger partial charge is 0.494 e. The number of hydrogen-bond donors (Lipinski definition) is 6. The summed E-state index contributed by atoms with van der Waals surface area (Å²) in [4.78, 5) is 89.8. The van der Waals surface area contributed by atoms with Crippen LogP contribution in [0, 0.1) is 0 Å². The van der Waals surface area contributed by atoms with Crippen LogP contribution in [0.25, 0.3) is 43.6 Å². The third kappa shape index (κ3) is 24.1. The molecule has 12 aromatic carbocycles. The summed E-state index contributed by atoms with van der Waals surface area (Å²) in [6.07, 6.45) is 9.46. The first-order valence-electron chi connectivity index (χ1n) is 49.7. The molecule has 6 aliphatic heterocycles. The van der Waals surface area contributed by atoms with Gasteiger partial charge in [-0.05, 0) is 334 Å². The summed E-state index contributed by atoms with van der Waals surface area (Å²) in [7, 11) is 1.64. The molecule has 0 bridgehead atoms. The van der Waals surface area contributed by atoms with Crippen molar-refractivity contribution in [2.75, 3.05) is 96.6 Å². The first-order valence-corrected chi connectivity index (χ1v) is 52.4. The number of benzene rings is 12. The molecule has 32 heteroatoms. The van der Waals surface area contributed by atoms with E-state index < -0.39 is 24.3 Å². The van der Waals surface area contributed by atoms with Gasteiger partial charge in [-0.1, -0.05) is 154 Å². The van der Waals surface area contributed by atoms with E-state index in [1.807, 2.05) is 152 Å². The highest BCUT2D eigenvalue weighted by Gasteiger charge is 2.42. The molecule has 2 saturated heterocycles. The van der Waals surface area contributed by atoms with Crippen LogP contribution in [0.15, 0.2) is 296 Å². The van der Waals surface area contributed by atoms with Crippen LogP contribution in [0.2, 0.25) is 35.2 Å². The maximum atomic E-state index is 13.5. The highest BCUT2D eigenvalue weighted by atomic mass is 35.5. The van der Waals surface area contributed by atoms with Crippen LogP contribution in [0.1, 0.15) is 141 Å². The highest BCUT2D eigenvalue weighted by molar-refractivity contribution is 6.33. The van der Waals surface area contributed by atoms with Gasteiger partial charge >= 0.3 is 24.4 Å². The number of halogens is 7. The molecule has 0 spiro atoms. The summed E-state index contributed by atoms with van der Waals surface area (Å²) >= 11 is 43.3. The molecule has 2 fully saturated rings. The zero-order valence-corrected chi connectivity index (χ0v) is 86.5. The van der Waals surface area contributed by atoms with Crippen LogP contribution in [0.4, 0.5) is 30.6 Å². The smallest absolute Gasteiger partial charge is 0.416 e. The molecule has 5 aromatic heterocycles. The van der Waals surface area contributed by atoms with Gasteiger partial charge in [0.2, 0.25) is 0 Å². The van der Waals surface area contributed by atoms with Gasteiger partial charge in [0, 0.05) is 172 Å². The van der Waals surface area contributed by atoms with Gasteiger partial charge in [-0.2, -0.15) is 0 Å². The minimum Gasteiger partial charge on any atom is -0.494 e.